The fourth-order valence-electron chi connectivity index (χ4n) is 3.65. The van der Waals surface area contributed by atoms with Crippen LogP contribution in [0.3, 0.4) is 0 Å². The summed E-state index contributed by atoms with van der Waals surface area (Å²) in [5.41, 5.74) is 3.42. The number of ether oxygens (including phenoxy) is 2. The van der Waals surface area contributed by atoms with Crippen molar-refractivity contribution in [3.63, 3.8) is 0 Å². The van der Waals surface area contributed by atoms with Gasteiger partial charge in [0, 0.05) is 10.6 Å². The monoisotopic (exact) mass is 568 g/mol. The smallest absolute Gasteiger partial charge is 0.335 e. The van der Waals surface area contributed by atoms with Crippen LogP contribution in [0.5, 0.6) is 11.5 Å². The Balaban J connectivity index is 1.66. The summed E-state index contributed by atoms with van der Waals surface area (Å²) in [5, 5.41) is 2.82. The van der Waals surface area contributed by atoms with Crippen molar-refractivity contribution in [1.82, 2.24) is 5.32 Å². The Hall–Kier alpha value is -3.62. The van der Waals surface area contributed by atoms with Gasteiger partial charge in [0.2, 0.25) is 0 Å². The number of nitrogens with one attached hydrogen (secondary N) is 1. The highest BCUT2D eigenvalue weighted by Gasteiger charge is 2.37. The molecule has 1 heterocycles. The normalized spacial score (nSPS) is 14.8. The number of imide groups is 2. The number of hydrogen-bond donors (Lipinski definition) is 1. The lowest BCUT2D eigenvalue weighted by Gasteiger charge is -2.27. The summed E-state index contributed by atoms with van der Waals surface area (Å²) in [7, 11) is 1.49. The Bertz CT molecular complexity index is 1420. The number of benzene rings is 3. The molecule has 3 aromatic rings. The van der Waals surface area contributed by atoms with Gasteiger partial charge < -0.3 is 9.47 Å². The highest BCUT2D eigenvalue weighted by atomic mass is 79.9. The van der Waals surface area contributed by atoms with Crippen molar-refractivity contribution in [2.75, 3.05) is 12.0 Å². The van der Waals surface area contributed by atoms with E-state index in [0.717, 1.165) is 21.6 Å². The Morgan fingerprint density at radius 2 is 1.78 bits per heavy atom. The average Bonchev–Trinajstić information content (AvgIpc) is 2.83. The van der Waals surface area contributed by atoms with Crippen LogP contribution in [0.4, 0.5) is 10.5 Å². The van der Waals surface area contributed by atoms with E-state index in [4.69, 9.17) is 21.1 Å². The van der Waals surface area contributed by atoms with E-state index in [1.165, 1.54) is 13.2 Å². The van der Waals surface area contributed by atoms with E-state index in [1.807, 2.05) is 38.1 Å². The van der Waals surface area contributed by atoms with Crippen LogP contribution in [-0.2, 0) is 16.2 Å². The third-order valence-electron chi connectivity index (χ3n) is 5.74. The first-order valence-electron chi connectivity index (χ1n) is 10.9. The molecule has 0 atom stereocenters. The van der Waals surface area contributed by atoms with Crippen LogP contribution in [0.2, 0.25) is 5.02 Å². The molecule has 184 valence electrons. The lowest BCUT2D eigenvalue weighted by atomic mass is 10.0. The number of aryl methyl sites for hydroxylation is 2. The SMILES string of the molecule is COc1cc(/C=C2\C(=O)NC(=O)N(c3ccc(C)c(C)c3)C2=O)cc(Br)c1OCc1ccccc1Cl. The number of halogens is 2. The minimum Gasteiger partial charge on any atom is -0.493 e. The fraction of sp³-hybridized carbons (Fsp3) is 0.148. The van der Waals surface area contributed by atoms with Gasteiger partial charge in [0.1, 0.15) is 12.2 Å². The Kier molecular flexibility index (Phi) is 7.47. The molecule has 0 bridgehead atoms. The van der Waals surface area contributed by atoms with E-state index in [9.17, 15) is 14.4 Å². The number of hydrogen-bond acceptors (Lipinski definition) is 5. The number of barbiturate groups is 1. The molecule has 0 aromatic heterocycles. The van der Waals surface area contributed by atoms with Gasteiger partial charge in [-0.05, 0) is 82.9 Å². The van der Waals surface area contributed by atoms with Crippen molar-refractivity contribution in [3.05, 3.63) is 91.9 Å². The summed E-state index contributed by atoms with van der Waals surface area (Å²) in [4.78, 5) is 39.3. The second-order valence-corrected chi connectivity index (χ2v) is 9.40. The molecule has 4 rings (SSSR count). The van der Waals surface area contributed by atoms with Gasteiger partial charge >= 0.3 is 6.03 Å². The number of urea groups is 1. The summed E-state index contributed by atoms with van der Waals surface area (Å²) in [6.07, 6.45) is 1.41. The number of nitrogens with zero attached hydrogens (tertiary/aromatic N) is 1. The van der Waals surface area contributed by atoms with Crippen molar-refractivity contribution in [3.8, 4) is 11.5 Å². The highest BCUT2D eigenvalue weighted by molar-refractivity contribution is 9.10. The van der Waals surface area contributed by atoms with Crippen LogP contribution < -0.4 is 19.7 Å². The molecule has 9 heteroatoms. The van der Waals surface area contributed by atoms with Gasteiger partial charge in [-0.3, -0.25) is 14.9 Å². The van der Waals surface area contributed by atoms with Crippen molar-refractivity contribution in [1.29, 1.82) is 0 Å². The molecule has 3 aromatic carbocycles. The third-order valence-corrected chi connectivity index (χ3v) is 6.70. The Morgan fingerprint density at radius 1 is 1.03 bits per heavy atom. The van der Waals surface area contributed by atoms with E-state index in [2.05, 4.69) is 21.2 Å². The minimum absolute atomic E-state index is 0.188. The fourth-order valence-corrected chi connectivity index (χ4v) is 4.42. The van der Waals surface area contributed by atoms with Crippen molar-refractivity contribution < 1.29 is 23.9 Å². The molecule has 0 radical (unpaired) electrons. The molecule has 1 N–H and O–H groups in total. The summed E-state index contributed by atoms with van der Waals surface area (Å²) < 4.78 is 12.0. The van der Waals surface area contributed by atoms with Gasteiger partial charge in [0.15, 0.2) is 11.5 Å². The lowest BCUT2D eigenvalue weighted by Crippen LogP contribution is -2.54. The highest BCUT2D eigenvalue weighted by Crippen LogP contribution is 2.38. The molecule has 7 nitrogen and oxygen atoms in total. The maximum Gasteiger partial charge on any atom is 0.335 e. The van der Waals surface area contributed by atoms with Gasteiger partial charge in [-0.1, -0.05) is 35.9 Å². The van der Waals surface area contributed by atoms with E-state index >= 15 is 0 Å². The van der Waals surface area contributed by atoms with Gasteiger partial charge in [-0.15, -0.1) is 0 Å². The molecule has 1 fully saturated rings. The number of anilines is 1. The quantitative estimate of drug-likeness (QED) is 0.292. The van der Waals surface area contributed by atoms with Crippen LogP contribution in [-0.4, -0.2) is 25.0 Å². The van der Waals surface area contributed by atoms with Crippen LogP contribution in [0.1, 0.15) is 22.3 Å². The molecule has 4 amide bonds. The maximum atomic E-state index is 13.2. The van der Waals surface area contributed by atoms with Gasteiger partial charge in [-0.2, -0.15) is 0 Å². The van der Waals surface area contributed by atoms with Crippen molar-refractivity contribution in [2.45, 2.75) is 20.5 Å². The first kappa shape index (κ1) is 25.5. The van der Waals surface area contributed by atoms with E-state index in [-0.39, 0.29) is 12.2 Å². The molecule has 0 spiro atoms. The lowest BCUT2D eigenvalue weighted by molar-refractivity contribution is -0.122. The van der Waals surface area contributed by atoms with E-state index in [1.54, 1.807) is 30.3 Å². The number of methoxy groups -OCH3 is 1. The molecular weight excluding hydrogens is 548 g/mol. The molecule has 0 saturated carbocycles. The topological polar surface area (TPSA) is 84.9 Å². The first-order valence-corrected chi connectivity index (χ1v) is 12.1. The van der Waals surface area contributed by atoms with E-state index < -0.39 is 17.8 Å². The molecule has 1 aliphatic heterocycles. The van der Waals surface area contributed by atoms with Gasteiger partial charge in [-0.25, -0.2) is 9.69 Å². The largest absolute Gasteiger partial charge is 0.493 e. The van der Waals surface area contributed by atoms with Crippen LogP contribution in [0, 0.1) is 13.8 Å². The molecule has 1 aliphatic rings. The molecule has 0 aliphatic carbocycles. The molecule has 36 heavy (non-hydrogen) atoms. The summed E-state index contributed by atoms with van der Waals surface area (Å²) in [6, 6.07) is 15.1. The van der Waals surface area contributed by atoms with Crippen LogP contribution in [0.15, 0.2) is 64.6 Å². The van der Waals surface area contributed by atoms with Crippen LogP contribution >= 0.6 is 27.5 Å². The summed E-state index contributed by atoms with van der Waals surface area (Å²) in [5.74, 6) is -0.680. The Morgan fingerprint density at radius 3 is 2.47 bits per heavy atom. The molecule has 0 unspecified atom stereocenters. The molecule has 1 saturated heterocycles. The van der Waals surface area contributed by atoms with Crippen LogP contribution in [0.25, 0.3) is 6.08 Å². The van der Waals surface area contributed by atoms with Gasteiger partial charge in [0.25, 0.3) is 11.8 Å². The van der Waals surface area contributed by atoms with Gasteiger partial charge in [0.05, 0.1) is 17.3 Å². The zero-order valence-corrected chi connectivity index (χ0v) is 22.1. The number of amides is 4. The Labute approximate surface area is 221 Å². The number of carbonyl (C=O) groups is 3. The van der Waals surface area contributed by atoms with Crippen molar-refractivity contribution in [2.24, 2.45) is 0 Å². The number of carbonyl (C=O) groups excluding carboxylic acids is 3. The summed E-state index contributed by atoms with van der Waals surface area (Å²) >= 11 is 9.70. The zero-order valence-electron chi connectivity index (χ0n) is 19.7. The second kappa shape index (κ2) is 10.6. The minimum atomic E-state index is -0.799. The third kappa shape index (κ3) is 5.15. The van der Waals surface area contributed by atoms with Crippen molar-refractivity contribution >= 4 is 57.1 Å². The maximum absolute atomic E-state index is 13.2. The number of rotatable bonds is 6. The average molecular weight is 570 g/mol. The zero-order chi connectivity index (χ0) is 26.0. The standard InChI is InChI=1S/C27H22BrClN2O5/c1-15-8-9-19(10-16(15)2)31-26(33)20(25(32)30-27(31)34)11-17-12-21(28)24(23(13-17)35-3)36-14-18-6-4-5-7-22(18)29/h4-13H,14H2,1-3H3,(H,30,32,34)/b20-11+. The first-order chi connectivity index (χ1) is 17.2. The predicted octanol–water partition coefficient (Wildman–Crippen LogP) is 5.97. The predicted molar refractivity (Wildman–Crippen MR) is 141 cm³/mol. The summed E-state index contributed by atoms with van der Waals surface area (Å²) in [6.45, 7) is 4.02. The molecular formula is C27H22BrClN2O5. The second-order valence-electron chi connectivity index (χ2n) is 8.14. The van der Waals surface area contributed by atoms with E-state index in [0.29, 0.717) is 32.2 Å².